The van der Waals surface area contributed by atoms with E-state index in [2.05, 4.69) is 142 Å². The molecule has 0 saturated heterocycles. The standard InChI is InChI=1S/C33H37N2/c1-7-23-35-27-18-14-13-17-26(27)32(2,3)30(35)20-10-8-9-19-29-33(4,5)31-25-16-12-11-15-24(25)21-22-28(31)34(29)6/h8-22H,7,23H2,1-6H3/q+1. The summed E-state index contributed by atoms with van der Waals surface area (Å²) in [7, 11) is 2.19. The van der Waals surface area contributed by atoms with E-state index >= 15 is 0 Å². The first-order chi connectivity index (χ1) is 16.8. The molecule has 2 aliphatic heterocycles. The third kappa shape index (κ3) is 3.67. The Labute approximate surface area is 210 Å². The van der Waals surface area contributed by atoms with Gasteiger partial charge < -0.3 is 4.90 Å². The number of hydrogen-bond donors (Lipinski definition) is 0. The predicted octanol–water partition coefficient (Wildman–Crippen LogP) is 8.05. The molecular weight excluding hydrogens is 424 g/mol. The number of fused-ring (bicyclic) bond motifs is 4. The second kappa shape index (κ2) is 8.68. The molecule has 2 heteroatoms. The molecule has 178 valence electrons. The third-order valence-electron chi connectivity index (χ3n) is 7.87. The first-order valence-electron chi connectivity index (χ1n) is 12.8. The fourth-order valence-corrected chi connectivity index (χ4v) is 6.16. The Bertz CT molecular complexity index is 1410. The van der Waals surface area contributed by atoms with E-state index in [0.29, 0.717) is 0 Å². The zero-order valence-corrected chi connectivity index (χ0v) is 22.0. The molecule has 2 nitrogen and oxygen atoms in total. The van der Waals surface area contributed by atoms with Crippen LogP contribution in [0.5, 0.6) is 0 Å². The van der Waals surface area contributed by atoms with Crippen LogP contribution in [0, 0.1) is 0 Å². The molecule has 0 bridgehead atoms. The molecule has 0 atom stereocenters. The lowest BCUT2D eigenvalue weighted by Gasteiger charge is -2.26. The quantitative estimate of drug-likeness (QED) is 0.275. The Morgan fingerprint density at radius 3 is 2.37 bits per heavy atom. The van der Waals surface area contributed by atoms with Gasteiger partial charge in [0.05, 0.1) is 5.41 Å². The molecule has 3 aromatic rings. The average Bonchev–Trinajstić information content (AvgIpc) is 3.18. The van der Waals surface area contributed by atoms with Gasteiger partial charge in [0.2, 0.25) is 5.69 Å². The van der Waals surface area contributed by atoms with E-state index in [0.717, 1.165) is 13.0 Å². The van der Waals surface area contributed by atoms with Crippen LogP contribution in [0.4, 0.5) is 11.4 Å². The van der Waals surface area contributed by atoms with Crippen LogP contribution in [-0.2, 0) is 10.8 Å². The number of benzene rings is 3. The first kappa shape index (κ1) is 23.4. The minimum atomic E-state index is -0.0548. The molecule has 0 aliphatic carbocycles. The number of allylic oxidation sites excluding steroid dienone is 6. The van der Waals surface area contributed by atoms with Crippen LogP contribution in [0.3, 0.4) is 0 Å². The Morgan fingerprint density at radius 1 is 0.829 bits per heavy atom. The average molecular weight is 462 g/mol. The summed E-state index contributed by atoms with van der Waals surface area (Å²) in [5.74, 6) is 0. The lowest BCUT2D eigenvalue weighted by atomic mass is 9.79. The highest BCUT2D eigenvalue weighted by atomic mass is 15.2. The van der Waals surface area contributed by atoms with E-state index in [1.165, 1.54) is 44.7 Å². The van der Waals surface area contributed by atoms with Gasteiger partial charge in [0.1, 0.15) is 7.05 Å². The number of rotatable bonds is 5. The van der Waals surface area contributed by atoms with E-state index in [-0.39, 0.29) is 10.8 Å². The smallest absolute Gasteiger partial charge is 0.210 e. The highest BCUT2D eigenvalue weighted by Gasteiger charge is 2.44. The topological polar surface area (TPSA) is 6.25 Å². The van der Waals surface area contributed by atoms with Crippen molar-refractivity contribution in [3.63, 3.8) is 0 Å². The molecule has 2 heterocycles. The lowest BCUT2D eigenvalue weighted by molar-refractivity contribution is -0.401. The van der Waals surface area contributed by atoms with Crippen molar-refractivity contribution in [3.05, 3.63) is 108 Å². The zero-order valence-electron chi connectivity index (χ0n) is 22.0. The summed E-state index contributed by atoms with van der Waals surface area (Å²) >= 11 is 0. The molecule has 0 N–H and O–H groups in total. The minimum Gasteiger partial charge on any atom is -0.344 e. The van der Waals surface area contributed by atoms with Gasteiger partial charge in [0.25, 0.3) is 0 Å². The van der Waals surface area contributed by atoms with Crippen molar-refractivity contribution in [2.24, 2.45) is 0 Å². The van der Waals surface area contributed by atoms with E-state index in [1.807, 2.05) is 0 Å². The Hall–Kier alpha value is -3.39. The normalized spacial score (nSPS) is 19.5. The maximum absolute atomic E-state index is 2.49. The highest BCUT2D eigenvalue weighted by Crippen LogP contribution is 2.47. The molecule has 5 rings (SSSR count). The van der Waals surface area contributed by atoms with Gasteiger partial charge in [-0.05, 0) is 54.8 Å². The van der Waals surface area contributed by atoms with E-state index in [9.17, 15) is 0 Å². The molecule has 2 aliphatic rings. The van der Waals surface area contributed by atoms with E-state index < -0.39 is 0 Å². The molecule has 0 spiro atoms. The van der Waals surface area contributed by atoms with Crippen molar-refractivity contribution in [1.29, 1.82) is 0 Å². The molecule has 0 amide bonds. The highest BCUT2D eigenvalue weighted by molar-refractivity contribution is 6.07. The van der Waals surface area contributed by atoms with Crippen molar-refractivity contribution in [2.75, 3.05) is 18.5 Å². The van der Waals surface area contributed by atoms with Gasteiger partial charge in [-0.1, -0.05) is 81.5 Å². The number of para-hydroxylation sites is 1. The maximum Gasteiger partial charge on any atom is 0.210 e. The van der Waals surface area contributed by atoms with Crippen molar-refractivity contribution >= 4 is 27.9 Å². The summed E-state index contributed by atoms with van der Waals surface area (Å²) in [5.41, 5.74) is 8.14. The Morgan fingerprint density at radius 2 is 1.57 bits per heavy atom. The molecule has 0 radical (unpaired) electrons. The third-order valence-corrected chi connectivity index (χ3v) is 7.87. The molecule has 35 heavy (non-hydrogen) atoms. The van der Waals surface area contributed by atoms with Crippen LogP contribution in [0.2, 0.25) is 0 Å². The second-order valence-electron chi connectivity index (χ2n) is 10.8. The fraction of sp³-hybridized carbons (Fsp3) is 0.303. The molecule has 0 aromatic heterocycles. The van der Waals surface area contributed by atoms with Gasteiger partial charge in [-0.15, -0.1) is 0 Å². The Kier molecular flexibility index (Phi) is 5.79. The van der Waals surface area contributed by atoms with E-state index in [1.54, 1.807) is 0 Å². The maximum atomic E-state index is 2.49. The summed E-state index contributed by atoms with van der Waals surface area (Å²) in [4.78, 5) is 2.49. The SMILES string of the molecule is CCCN1\C(=C/C=C/C=C/C2=[N+](C)c3ccc4ccccc4c3C2(C)C)C(C)(C)c2ccccc21. The van der Waals surface area contributed by atoms with Crippen LogP contribution in [0.25, 0.3) is 10.8 Å². The van der Waals surface area contributed by atoms with Crippen LogP contribution < -0.4 is 4.90 Å². The van der Waals surface area contributed by atoms with Gasteiger partial charge >= 0.3 is 0 Å². The Balaban J connectivity index is 1.43. The van der Waals surface area contributed by atoms with Gasteiger partial charge in [0, 0.05) is 41.1 Å². The minimum absolute atomic E-state index is 0.00489. The van der Waals surface area contributed by atoms with E-state index in [4.69, 9.17) is 0 Å². The lowest BCUT2D eigenvalue weighted by Crippen LogP contribution is -2.26. The van der Waals surface area contributed by atoms with Gasteiger partial charge in [-0.3, -0.25) is 0 Å². The molecule has 0 saturated carbocycles. The summed E-state index contributed by atoms with van der Waals surface area (Å²) in [6.45, 7) is 12.7. The number of nitrogens with zero attached hydrogens (tertiary/aromatic N) is 2. The second-order valence-corrected chi connectivity index (χ2v) is 10.8. The van der Waals surface area contributed by atoms with Gasteiger partial charge in [-0.2, -0.15) is 4.58 Å². The summed E-state index contributed by atoms with van der Waals surface area (Å²) < 4.78 is 2.35. The van der Waals surface area contributed by atoms with Gasteiger partial charge in [0.15, 0.2) is 5.71 Å². The van der Waals surface area contributed by atoms with Crippen molar-refractivity contribution < 1.29 is 4.58 Å². The largest absolute Gasteiger partial charge is 0.344 e. The van der Waals surface area contributed by atoms with Crippen LogP contribution >= 0.6 is 0 Å². The van der Waals surface area contributed by atoms with Gasteiger partial charge in [-0.25, -0.2) is 0 Å². The van der Waals surface area contributed by atoms with Crippen LogP contribution in [0.15, 0.2) is 96.7 Å². The van der Waals surface area contributed by atoms with Crippen molar-refractivity contribution in [1.82, 2.24) is 0 Å². The van der Waals surface area contributed by atoms with Crippen LogP contribution in [0.1, 0.15) is 52.2 Å². The monoisotopic (exact) mass is 461 g/mol. The summed E-state index contributed by atoms with van der Waals surface area (Å²) in [6, 6.07) is 22.1. The predicted molar refractivity (Wildman–Crippen MR) is 151 cm³/mol. The molecular formula is C33H37N2+. The zero-order chi connectivity index (χ0) is 24.8. The van der Waals surface area contributed by atoms with Crippen molar-refractivity contribution in [3.8, 4) is 0 Å². The number of hydrogen-bond acceptors (Lipinski definition) is 1. The molecule has 0 fully saturated rings. The van der Waals surface area contributed by atoms with Crippen LogP contribution in [-0.4, -0.2) is 23.9 Å². The molecule has 3 aromatic carbocycles. The van der Waals surface area contributed by atoms with Crippen molar-refractivity contribution in [2.45, 2.75) is 51.9 Å². The fourth-order valence-electron chi connectivity index (χ4n) is 6.16. The summed E-state index contributed by atoms with van der Waals surface area (Å²) in [5, 5.41) is 2.66. The number of anilines is 1. The molecule has 0 unspecified atom stereocenters. The first-order valence-corrected chi connectivity index (χ1v) is 12.8. The summed E-state index contributed by atoms with van der Waals surface area (Å²) in [6.07, 6.45) is 12.3.